The highest BCUT2D eigenvalue weighted by Gasteiger charge is 2.31. The van der Waals surface area contributed by atoms with Gasteiger partial charge in [0.2, 0.25) is 5.91 Å². The zero-order valence-electron chi connectivity index (χ0n) is 16.3. The summed E-state index contributed by atoms with van der Waals surface area (Å²) in [6.07, 6.45) is 3.97. The molecule has 9 nitrogen and oxygen atoms in total. The third-order valence-corrected chi connectivity index (χ3v) is 6.16. The number of amides is 1. The van der Waals surface area contributed by atoms with Crippen molar-refractivity contribution in [3.05, 3.63) is 27.2 Å². The zero-order chi connectivity index (χ0) is 19.1. The second-order valence-electron chi connectivity index (χ2n) is 7.70. The lowest BCUT2D eigenvalue weighted by Crippen LogP contribution is -2.37. The Hall–Kier alpha value is -2.13. The monoisotopic (exact) mass is 410 g/mol. The summed E-state index contributed by atoms with van der Waals surface area (Å²) in [5, 5.41) is 3.45. The number of fused-ring (bicyclic) bond motifs is 2. The van der Waals surface area contributed by atoms with Gasteiger partial charge in [0.05, 0.1) is 6.33 Å². The van der Waals surface area contributed by atoms with Gasteiger partial charge in [-0.15, -0.1) is 12.4 Å². The Morgan fingerprint density at radius 1 is 1.14 bits per heavy atom. The second-order valence-corrected chi connectivity index (χ2v) is 7.70. The van der Waals surface area contributed by atoms with Crippen LogP contribution in [0.2, 0.25) is 0 Å². The van der Waals surface area contributed by atoms with Gasteiger partial charge in [-0.3, -0.25) is 18.7 Å². The van der Waals surface area contributed by atoms with Crippen molar-refractivity contribution in [3.63, 3.8) is 0 Å². The number of carbonyl (C=O) groups excluding carboxylic acids is 1. The molecular weight excluding hydrogens is 384 g/mol. The highest BCUT2D eigenvalue weighted by atomic mass is 35.5. The van der Waals surface area contributed by atoms with Crippen LogP contribution in [0, 0.1) is 11.8 Å². The third kappa shape index (κ3) is 3.48. The first-order chi connectivity index (χ1) is 13.0. The summed E-state index contributed by atoms with van der Waals surface area (Å²) < 4.78 is 4.12. The van der Waals surface area contributed by atoms with Crippen LogP contribution >= 0.6 is 12.4 Å². The van der Waals surface area contributed by atoms with Gasteiger partial charge in [0, 0.05) is 40.2 Å². The minimum absolute atomic E-state index is 0. The van der Waals surface area contributed by atoms with Crippen LogP contribution in [0.4, 0.5) is 0 Å². The van der Waals surface area contributed by atoms with Crippen molar-refractivity contribution in [1.29, 1.82) is 0 Å². The molecule has 0 aromatic carbocycles. The first kappa shape index (κ1) is 20.6. The topological polar surface area (TPSA) is 94.2 Å². The summed E-state index contributed by atoms with van der Waals surface area (Å²) in [5.74, 6) is 1.49. The maximum atomic E-state index is 12.7. The SMILES string of the molecule is Cl.Cn1c(=O)c2c(ncn2CCC(=O)N2CC[C@@H]3CNC[C@@H]3CC2)n(C)c1=O. The number of aryl methyl sites for hydroxylation is 2. The van der Waals surface area contributed by atoms with Crippen LogP contribution in [-0.4, -0.2) is 55.7 Å². The molecule has 154 valence electrons. The number of rotatable bonds is 3. The molecule has 4 heterocycles. The molecule has 2 fully saturated rings. The van der Waals surface area contributed by atoms with E-state index in [0.717, 1.165) is 43.6 Å². The lowest BCUT2D eigenvalue weighted by Gasteiger charge is -2.21. The smallest absolute Gasteiger partial charge is 0.332 e. The van der Waals surface area contributed by atoms with E-state index in [4.69, 9.17) is 0 Å². The van der Waals surface area contributed by atoms with Crippen LogP contribution in [0.25, 0.3) is 11.2 Å². The van der Waals surface area contributed by atoms with Gasteiger partial charge in [-0.25, -0.2) is 9.78 Å². The van der Waals surface area contributed by atoms with E-state index in [1.807, 2.05) is 4.90 Å². The van der Waals surface area contributed by atoms with Crippen molar-refractivity contribution >= 4 is 29.5 Å². The molecule has 0 unspecified atom stereocenters. The Morgan fingerprint density at radius 3 is 2.43 bits per heavy atom. The van der Waals surface area contributed by atoms with Gasteiger partial charge in [-0.2, -0.15) is 0 Å². The fourth-order valence-corrected chi connectivity index (χ4v) is 4.41. The lowest BCUT2D eigenvalue weighted by atomic mass is 9.92. The molecule has 28 heavy (non-hydrogen) atoms. The maximum Gasteiger partial charge on any atom is 0.332 e. The van der Waals surface area contributed by atoms with Gasteiger partial charge in [-0.1, -0.05) is 0 Å². The van der Waals surface area contributed by atoms with Gasteiger partial charge < -0.3 is 14.8 Å². The van der Waals surface area contributed by atoms with Crippen molar-refractivity contribution in [3.8, 4) is 0 Å². The Labute approximate surface area is 168 Å². The molecule has 0 aliphatic carbocycles. The molecule has 1 amide bonds. The van der Waals surface area contributed by atoms with Crippen LogP contribution in [-0.2, 0) is 25.4 Å². The molecule has 2 aliphatic heterocycles. The number of nitrogens with one attached hydrogen (secondary N) is 1. The number of halogens is 1. The average Bonchev–Trinajstić information content (AvgIpc) is 3.25. The van der Waals surface area contributed by atoms with Crippen molar-refractivity contribution in [1.82, 2.24) is 28.9 Å². The van der Waals surface area contributed by atoms with Crippen molar-refractivity contribution in [2.45, 2.75) is 25.8 Å². The van der Waals surface area contributed by atoms with Crippen molar-refractivity contribution < 1.29 is 4.79 Å². The summed E-state index contributed by atoms with van der Waals surface area (Å²) >= 11 is 0. The first-order valence-electron chi connectivity index (χ1n) is 9.56. The Morgan fingerprint density at radius 2 is 1.79 bits per heavy atom. The number of hydrogen-bond acceptors (Lipinski definition) is 5. The van der Waals surface area contributed by atoms with Crippen molar-refractivity contribution in [2.24, 2.45) is 25.9 Å². The summed E-state index contributed by atoms with van der Waals surface area (Å²) in [5.41, 5.74) is -0.0684. The fraction of sp³-hybridized carbons (Fsp3) is 0.667. The number of nitrogens with zero attached hydrogens (tertiary/aromatic N) is 5. The predicted octanol–water partition coefficient (Wildman–Crippen LogP) is -0.296. The maximum absolute atomic E-state index is 12.7. The summed E-state index contributed by atoms with van der Waals surface area (Å²) in [6.45, 7) is 4.13. The molecule has 1 N–H and O–H groups in total. The zero-order valence-corrected chi connectivity index (χ0v) is 17.1. The van der Waals surface area contributed by atoms with E-state index < -0.39 is 5.69 Å². The molecule has 0 spiro atoms. The first-order valence-corrected chi connectivity index (χ1v) is 9.56. The molecule has 0 saturated carbocycles. The second kappa shape index (κ2) is 8.08. The molecule has 2 saturated heterocycles. The molecular formula is C18H27ClN6O3. The quantitative estimate of drug-likeness (QED) is 0.750. The van der Waals surface area contributed by atoms with Crippen LogP contribution in [0.5, 0.6) is 0 Å². The lowest BCUT2D eigenvalue weighted by molar-refractivity contribution is -0.131. The highest BCUT2D eigenvalue weighted by Crippen LogP contribution is 2.27. The Kier molecular flexibility index (Phi) is 5.95. The number of hydrogen-bond donors (Lipinski definition) is 1. The number of imidazole rings is 1. The average molecular weight is 411 g/mol. The van der Waals surface area contributed by atoms with Crippen LogP contribution < -0.4 is 16.6 Å². The predicted molar refractivity (Wildman–Crippen MR) is 108 cm³/mol. The summed E-state index contributed by atoms with van der Waals surface area (Å²) in [6, 6.07) is 0. The molecule has 4 rings (SSSR count). The fourth-order valence-electron chi connectivity index (χ4n) is 4.41. The molecule has 2 aliphatic rings. The Balaban J connectivity index is 0.00000225. The van der Waals surface area contributed by atoms with Crippen LogP contribution in [0.3, 0.4) is 0 Å². The largest absolute Gasteiger partial charge is 0.343 e. The van der Waals surface area contributed by atoms with Gasteiger partial charge in [-0.05, 0) is 37.8 Å². The Bertz CT molecular complexity index is 980. The summed E-state index contributed by atoms with van der Waals surface area (Å²) in [4.78, 5) is 43.4. The number of carbonyl (C=O) groups is 1. The normalized spacial score (nSPS) is 22.0. The highest BCUT2D eigenvalue weighted by molar-refractivity contribution is 5.85. The van der Waals surface area contributed by atoms with Crippen LogP contribution in [0.15, 0.2) is 15.9 Å². The molecule has 2 atom stereocenters. The van der Waals surface area contributed by atoms with Crippen molar-refractivity contribution in [2.75, 3.05) is 26.2 Å². The van der Waals surface area contributed by atoms with Gasteiger partial charge in [0.15, 0.2) is 11.2 Å². The van der Waals surface area contributed by atoms with E-state index in [9.17, 15) is 14.4 Å². The third-order valence-electron chi connectivity index (χ3n) is 6.16. The van der Waals surface area contributed by atoms with Gasteiger partial charge in [0.25, 0.3) is 5.56 Å². The van der Waals surface area contributed by atoms with E-state index in [0.29, 0.717) is 36.0 Å². The summed E-state index contributed by atoms with van der Waals surface area (Å²) in [7, 11) is 3.05. The standard InChI is InChI=1S/C18H26N6O3.ClH/c1-21-16-15(17(26)22(2)18(21)27)24(11-20-16)8-5-14(25)23-6-3-12-9-19-10-13(12)4-7-23;/h11-13,19H,3-10H2,1-2H3;1H/t12-,13+;. The molecule has 0 bridgehead atoms. The van der Waals surface area contributed by atoms with E-state index in [2.05, 4.69) is 10.3 Å². The van der Waals surface area contributed by atoms with E-state index in [-0.39, 0.29) is 23.9 Å². The molecule has 2 aromatic rings. The van der Waals surface area contributed by atoms with E-state index in [1.54, 1.807) is 11.6 Å². The minimum atomic E-state index is -0.404. The minimum Gasteiger partial charge on any atom is -0.343 e. The van der Waals surface area contributed by atoms with Gasteiger partial charge in [0.1, 0.15) is 0 Å². The van der Waals surface area contributed by atoms with E-state index in [1.165, 1.54) is 17.9 Å². The van der Waals surface area contributed by atoms with Gasteiger partial charge >= 0.3 is 5.69 Å². The number of aromatic nitrogens is 4. The van der Waals surface area contributed by atoms with Crippen LogP contribution in [0.1, 0.15) is 19.3 Å². The molecule has 2 aromatic heterocycles. The van der Waals surface area contributed by atoms with E-state index >= 15 is 0 Å². The number of likely N-dealkylation sites (tertiary alicyclic amines) is 1. The molecule has 10 heteroatoms. The molecule has 0 radical (unpaired) electrons.